The number of nitrogens with one attached hydrogen (secondary N) is 1. The van der Waals surface area contributed by atoms with Gasteiger partial charge in [-0.15, -0.1) is 0 Å². The molecular weight excluding hydrogens is 228 g/mol. The lowest BCUT2D eigenvalue weighted by Crippen LogP contribution is -2.48. The molecular formula is C14H28N2O2. The minimum atomic E-state index is 0.0976. The Morgan fingerprint density at radius 2 is 2.17 bits per heavy atom. The molecule has 0 bridgehead atoms. The lowest BCUT2D eigenvalue weighted by Gasteiger charge is -2.34. The van der Waals surface area contributed by atoms with Crippen molar-refractivity contribution in [2.75, 3.05) is 32.8 Å². The summed E-state index contributed by atoms with van der Waals surface area (Å²) < 4.78 is 5.70. The van der Waals surface area contributed by atoms with E-state index < -0.39 is 0 Å². The van der Waals surface area contributed by atoms with Crippen LogP contribution in [0.15, 0.2) is 0 Å². The van der Waals surface area contributed by atoms with Crippen LogP contribution in [0.1, 0.15) is 34.1 Å². The van der Waals surface area contributed by atoms with Crippen LogP contribution in [0.5, 0.6) is 0 Å². The van der Waals surface area contributed by atoms with E-state index in [2.05, 4.69) is 24.1 Å². The van der Waals surface area contributed by atoms with E-state index in [9.17, 15) is 4.79 Å². The predicted octanol–water partition coefficient (Wildman–Crippen LogP) is 1.51. The molecule has 1 saturated heterocycles. The van der Waals surface area contributed by atoms with Gasteiger partial charge < -0.3 is 10.1 Å². The van der Waals surface area contributed by atoms with Gasteiger partial charge in [0.15, 0.2) is 0 Å². The van der Waals surface area contributed by atoms with Crippen molar-refractivity contribution in [3.63, 3.8) is 0 Å². The van der Waals surface area contributed by atoms with E-state index in [1.54, 1.807) is 0 Å². The average Bonchev–Trinajstić information content (AvgIpc) is 2.34. The van der Waals surface area contributed by atoms with Crippen molar-refractivity contribution < 1.29 is 9.53 Å². The van der Waals surface area contributed by atoms with Crippen molar-refractivity contribution in [1.29, 1.82) is 0 Å². The molecule has 1 rings (SSSR count). The Bertz CT molecular complexity index is 256. The van der Waals surface area contributed by atoms with Crippen molar-refractivity contribution in [3.8, 4) is 0 Å². The molecule has 1 heterocycles. The van der Waals surface area contributed by atoms with Crippen LogP contribution in [0.4, 0.5) is 0 Å². The lowest BCUT2D eigenvalue weighted by molar-refractivity contribution is -0.125. The number of amides is 1. The van der Waals surface area contributed by atoms with Crippen LogP contribution in [0.25, 0.3) is 0 Å². The maximum Gasteiger partial charge on any atom is 0.222 e. The fraction of sp³-hybridized carbons (Fsp3) is 0.929. The van der Waals surface area contributed by atoms with E-state index in [1.165, 1.54) is 0 Å². The molecule has 1 amide bonds. The summed E-state index contributed by atoms with van der Waals surface area (Å²) in [6, 6.07) is 0. The third kappa shape index (κ3) is 5.36. The summed E-state index contributed by atoms with van der Waals surface area (Å²) in [5.41, 5.74) is 0. The van der Waals surface area contributed by atoms with Gasteiger partial charge >= 0.3 is 0 Å². The van der Waals surface area contributed by atoms with Crippen molar-refractivity contribution in [1.82, 2.24) is 10.2 Å². The number of carbonyl (C=O) groups is 1. The zero-order valence-corrected chi connectivity index (χ0v) is 12.2. The minimum Gasteiger partial charge on any atom is -0.374 e. The smallest absolute Gasteiger partial charge is 0.222 e. The van der Waals surface area contributed by atoms with Gasteiger partial charge in [0, 0.05) is 32.1 Å². The number of morpholine rings is 1. The van der Waals surface area contributed by atoms with Gasteiger partial charge in [0.05, 0.1) is 12.7 Å². The molecule has 4 heteroatoms. The standard InChI is InChI=1S/C14H28N2O2/c1-5-12(4)14(17)15-8-13-10-16(6-7-18-13)9-11(2)3/h11-13H,5-10H2,1-4H3,(H,15,17). The van der Waals surface area contributed by atoms with Crippen LogP contribution in [0.2, 0.25) is 0 Å². The Kier molecular flexibility index (Phi) is 6.65. The predicted molar refractivity (Wildman–Crippen MR) is 73.5 cm³/mol. The molecule has 4 nitrogen and oxygen atoms in total. The van der Waals surface area contributed by atoms with Crippen LogP contribution in [-0.2, 0) is 9.53 Å². The van der Waals surface area contributed by atoms with Crippen LogP contribution < -0.4 is 5.32 Å². The monoisotopic (exact) mass is 256 g/mol. The molecule has 0 aromatic rings. The second-order valence-corrected chi connectivity index (χ2v) is 5.70. The molecule has 18 heavy (non-hydrogen) atoms. The number of rotatable bonds is 6. The SMILES string of the molecule is CCC(C)C(=O)NCC1CN(CC(C)C)CCO1. The lowest BCUT2D eigenvalue weighted by atomic mass is 10.1. The topological polar surface area (TPSA) is 41.6 Å². The summed E-state index contributed by atoms with van der Waals surface area (Å²) in [5, 5.41) is 2.99. The van der Waals surface area contributed by atoms with Gasteiger partial charge in [-0.05, 0) is 12.3 Å². The highest BCUT2D eigenvalue weighted by Crippen LogP contribution is 2.08. The van der Waals surface area contributed by atoms with Gasteiger partial charge in [-0.2, -0.15) is 0 Å². The van der Waals surface area contributed by atoms with Crippen LogP contribution >= 0.6 is 0 Å². The molecule has 106 valence electrons. The zero-order chi connectivity index (χ0) is 13.5. The molecule has 1 N–H and O–H groups in total. The molecule has 0 aliphatic carbocycles. The fourth-order valence-electron chi connectivity index (χ4n) is 2.16. The Labute approximate surface area is 111 Å². The molecule has 1 aliphatic heterocycles. The summed E-state index contributed by atoms with van der Waals surface area (Å²) in [5.74, 6) is 0.917. The molecule has 0 radical (unpaired) electrons. The minimum absolute atomic E-state index is 0.0976. The Balaban J connectivity index is 2.27. The van der Waals surface area contributed by atoms with Gasteiger partial charge in [-0.3, -0.25) is 9.69 Å². The first kappa shape index (κ1) is 15.4. The van der Waals surface area contributed by atoms with Crippen molar-refractivity contribution in [2.45, 2.75) is 40.2 Å². The summed E-state index contributed by atoms with van der Waals surface area (Å²) in [4.78, 5) is 14.1. The summed E-state index contributed by atoms with van der Waals surface area (Å²) in [6.07, 6.45) is 1.03. The summed E-state index contributed by atoms with van der Waals surface area (Å²) in [6.45, 7) is 12.9. The number of ether oxygens (including phenoxy) is 1. The van der Waals surface area contributed by atoms with Crippen LogP contribution in [0, 0.1) is 11.8 Å². The van der Waals surface area contributed by atoms with Gasteiger partial charge in [0.1, 0.15) is 0 Å². The normalized spacial score (nSPS) is 23.1. The molecule has 0 aromatic heterocycles. The Hall–Kier alpha value is -0.610. The first-order valence-corrected chi connectivity index (χ1v) is 7.14. The van der Waals surface area contributed by atoms with Gasteiger partial charge in [0.2, 0.25) is 5.91 Å². The summed E-state index contributed by atoms with van der Waals surface area (Å²) in [7, 11) is 0. The van der Waals surface area contributed by atoms with E-state index >= 15 is 0 Å². The average molecular weight is 256 g/mol. The molecule has 0 aromatic carbocycles. The highest BCUT2D eigenvalue weighted by Gasteiger charge is 2.21. The zero-order valence-electron chi connectivity index (χ0n) is 12.2. The number of hydrogen-bond donors (Lipinski definition) is 1. The Morgan fingerprint density at radius 3 is 2.78 bits per heavy atom. The summed E-state index contributed by atoms with van der Waals surface area (Å²) >= 11 is 0. The first-order chi connectivity index (χ1) is 8.52. The highest BCUT2D eigenvalue weighted by molar-refractivity contribution is 5.78. The van der Waals surface area contributed by atoms with Gasteiger partial charge in [0.25, 0.3) is 0 Å². The second kappa shape index (κ2) is 7.74. The van der Waals surface area contributed by atoms with Gasteiger partial charge in [-0.1, -0.05) is 27.7 Å². The van der Waals surface area contributed by atoms with E-state index in [0.717, 1.165) is 32.7 Å². The maximum absolute atomic E-state index is 11.7. The van der Waals surface area contributed by atoms with Gasteiger partial charge in [-0.25, -0.2) is 0 Å². The van der Waals surface area contributed by atoms with E-state index in [1.807, 2.05) is 13.8 Å². The number of hydrogen-bond acceptors (Lipinski definition) is 3. The maximum atomic E-state index is 11.7. The highest BCUT2D eigenvalue weighted by atomic mass is 16.5. The van der Waals surface area contributed by atoms with Crippen molar-refractivity contribution in [3.05, 3.63) is 0 Å². The Morgan fingerprint density at radius 1 is 1.44 bits per heavy atom. The largest absolute Gasteiger partial charge is 0.374 e. The van der Waals surface area contributed by atoms with Crippen molar-refractivity contribution >= 4 is 5.91 Å². The third-order valence-corrected chi connectivity index (χ3v) is 3.41. The second-order valence-electron chi connectivity index (χ2n) is 5.70. The third-order valence-electron chi connectivity index (χ3n) is 3.41. The first-order valence-electron chi connectivity index (χ1n) is 7.14. The molecule has 2 atom stereocenters. The molecule has 2 unspecified atom stereocenters. The molecule has 1 fully saturated rings. The number of carbonyl (C=O) groups excluding carboxylic acids is 1. The van der Waals surface area contributed by atoms with Crippen LogP contribution in [-0.4, -0.2) is 49.7 Å². The number of nitrogens with zero attached hydrogens (tertiary/aromatic N) is 1. The molecule has 1 aliphatic rings. The van der Waals surface area contributed by atoms with Crippen molar-refractivity contribution in [2.24, 2.45) is 11.8 Å². The van der Waals surface area contributed by atoms with E-state index in [4.69, 9.17) is 4.74 Å². The quantitative estimate of drug-likeness (QED) is 0.783. The fourth-order valence-corrected chi connectivity index (χ4v) is 2.16. The molecule has 0 saturated carbocycles. The molecule has 0 spiro atoms. The van der Waals surface area contributed by atoms with E-state index in [0.29, 0.717) is 12.5 Å². The van der Waals surface area contributed by atoms with E-state index in [-0.39, 0.29) is 17.9 Å². The van der Waals surface area contributed by atoms with Crippen LogP contribution in [0.3, 0.4) is 0 Å².